The van der Waals surface area contributed by atoms with Crippen molar-refractivity contribution in [3.63, 3.8) is 0 Å². The Bertz CT molecular complexity index is 1610. The van der Waals surface area contributed by atoms with Crippen molar-refractivity contribution < 1.29 is 24.1 Å². The molecule has 200 valence electrons. The number of phenolic OH excluding ortho intramolecular Hbond substituents is 1. The van der Waals surface area contributed by atoms with E-state index in [2.05, 4.69) is 31.9 Å². The lowest BCUT2D eigenvalue weighted by molar-refractivity contribution is -0.139. The molecule has 0 aliphatic carbocycles. The highest BCUT2D eigenvalue weighted by atomic mass is 79.9. The SMILES string of the molecule is CCCC1=C(C(=O)OCC)[C@@H](c2cc(OC)ccc2OC)n2c(s/c(=C\c3cc(Br)cc(Br)c3O)c2=O)=N1. The topological polar surface area (TPSA) is 99.4 Å². The normalized spacial score (nSPS) is 15.2. The quantitative estimate of drug-likeness (QED) is 0.346. The number of carbonyl (C=O) groups is 1. The van der Waals surface area contributed by atoms with Crippen LogP contribution in [0.2, 0.25) is 0 Å². The van der Waals surface area contributed by atoms with E-state index >= 15 is 0 Å². The molecule has 3 aromatic rings. The molecule has 4 rings (SSSR count). The van der Waals surface area contributed by atoms with Gasteiger partial charge in [-0.2, -0.15) is 0 Å². The smallest absolute Gasteiger partial charge is 0.338 e. The van der Waals surface area contributed by atoms with Gasteiger partial charge in [0.2, 0.25) is 0 Å². The van der Waals surface area contributed by atoms with Crippen molar-refractivity contribution in [1.29, 1.82) is 0 Å². The number of hydrogen-bond acceptors (Lipinski definition) is 8. The van der Waals surface area contributed by atoms with E-state index in [1.165, 1.54) is 23.0 Å². The summed E-state index contributed by atoms with van der Waals surface area (Å²) in [5.74, 6) is 0.490. The van der Waals surface area contributed by atoms with Crippen LogP contribution in [0.4, 0.5) is 0 Å². The molecule has 0 saturated carbocycles. The first-order valence-corrected chi connectivity index (χ1v) is 14.3. The standard InChI is InChI=1S/C27H26Br2N2O6S/c1-5-7-19-22(26(34)37-6-2)23(17-13-16(35-3)8-9-20(17)36-4)31-25(33)21(38-27(31)30-19)11-14-10-15(28)12-18(29)24(14)32/h8-13,23,32H,5-7H2,1-4H3/b21-11-/t23-/m1/s1. The van der Waals surface area contributed by atoms with Crippen molar-refractivity contribution in [2.24, 2.45) is 4.99 Å². The molecule has 1 aliphatic heterocycles. The first-order chi connectivity index (χ1) is 18.2. The van der Waals surface area contributed by atoms with Crippen molar-refractivity contribution in [3.8, 4) is 17.2 Å². The second kappa shape index (κ2) is 11.9. The second-order valence-electron chi connectivity index (χ2n) is 8.35. The molecular weight excluding hydrogens is 640 g/mol. The molecule has 1 aromatic heterocycles. The molecule has 0 spiro atoms. The monoisotopic (exact) mass is 664 g/mol. The van der Waals surface area contributed by atoms with Gasteiger partial charge < -0.3 is 19.3 Å². The molecule has 0 amide bonds. The van der Waals surface area contributed by atoms with Gasteiger partial charge in [-0.3, -0.25) is 9.36 Å². The lowest BCUT2D eigenvalue weighted by atomic mass is 9.93. The van der Waals surface area contributed by atoms with Crippen LogP contribution in [0.3, 0.4) is 0 Å². The van der Waals surface area contributed by atoms with E-state index in [0.717, 1.165) is 10.9 Å². The number of methoxy groups -OCH3 is 2. The Hall–Kier alpha value is -2.89. The third kappa shape index (κ3) is 5.32. The first-order valence-electron chi connectivity index (χ1n) is 11.9. The first kappa shape index (κ1) is 28.1. The predicted octanol–water partition coefficient (Wildman–Crippen LogP) is 4.83. The summed E-state index contributed by atoms with van der Waals surface area (Å²) in [5, 5.41) is 10.6. The number of benzene rings is 2. The number of thiazole rings is 1. The number of aromatic hydroxyl groups is 1. The number of aromatic nitrogens is 1. The van der Waals surface area contributed by atoms with Crippen molar-refractivity contribution in [2.45, 2.75) is 32.7 Å². The summed E-state index contributed by atoms with van der Waals surface area (Å²) in [6.45, 7) is 3.90. The summed E-state index contributed by atoms with van der Waals surface area (Å²) in [4.78, 5) is 32.5. The number of phenols is 1. The minimum atomic E-state index is -0.859. The Morgan fingerprint density at radius 2 is 1.95 bits per heavy atom. The van der Waals surface area contributed by atoms with E-state index in [0.29, 0.717) is 48.6 Å². The molecule has 0 fully saturated rings. The van der Waals surface area contributed by atoms with Crippen LogP contribution >= 0.6 is 43.2 Å². The van der Waals surface area contributed by atoms with E-state index < -0.39 is 12.0 Å². The van der Waals surface area contributed by atoms with E-state index in [1.54, 1.807) is 50.4 Å². The fourth-order valence-corrected chi connectivity index (χ4v) is 6.57. The van der Waals surface area contributed by atoms with E-state index in [4.69, 9.17) is 19.2 Å². The fourth-order valence-electron chi connectivity index (χ4n) is 4.31. The predicted molar refractivity (Wildman–Crippen MR) is 153 cm³/mol. The van der Waals surface area contributed by atoms with Gasteiger partial charge in [-0.05, 0) is 65.7 Å². The van der Waals surface area contributed by atoms with E-state index in [-0.39, 0.29) is 23.5 Å². The van der Waals surface area contributed by atoms with E-state index in [9.17, 15) is 14.7 Å². The average molecular weight is 666 g/mol. The molecular formula is C27H26Br2N2O6S. The lowest BCUT2D eigenvalue weighted by Crippen LogP contribution is -2.40. The molecule has 2 heterocycles. The van der Waals surface area contributed by atoms with Gasteiger partial charge in [0.05, 0.1) is 41.1 Å². The highest BCUT2D eigenvalue weighted by Crippen LogP contribution is 2.39. The average Bonchev–Trinajstić information content (AvgIpc) is 3.20. The second-order valence-corrected chi connectivity index (χ2v) is 11.1. The number of hydrogen-bond donors (Lipinski definition) is 1. The van der Waals surface area contributed by atoms with Crippen LogP contribution in [0.15, 0.2) is 60.3 Å². The highest BCUT2D eigenvalue weighted by Gasteiger charge is 2.36. The maximum atomic E-state index is 14.0. The van der Waals surface area contributed by atoms with Gasteiger partial charge >= 0.3 is 5.97 Å². The Labute approximate surface area is 240 Å². The Morgan fingerprint density at radius 3 is 2.61 bits per heavy atom. The minimum absolute atomic E-state index is 0.00364. The number of rotatable bonds is 8. The van der Waals surface area contributed by atoms with Crippen LogP contribution in [-0.4, -0.2) is 36.5 Å². The van der Waals surface area contributed by atoms with Gasteiger partial charge in [-0.25, -0.2) is 9.79 Å². The maximum absolute atomic E-state index is 14.0. The number of ether oxygens (including phenoxy) is 3. The summed E-state index contributed by atoms with van der Waals surface area (Å²) >= 11 is 7.95. The lowest BCUT2D eigenvalue weighted by Gasteiger charge is -2.27. The van der Waals surface area contributed by atoms with Crippen LogP contribution in [0, 0.1) is 0 Å². The van der Waals surface area contributed by atoms with Crippen molar-refractivity contribution in [2.75, 3.05) is 20.8 Å². The third-order valence-electron chi connectivity index (χ3n) is 5.97. The maximum Gasteiger partial charge on any atom is 0.338 e. The zero-order chi connectivity index (χ0) is 27.6. The Kier molecular flexibility index (Phi) is 8.79. The largest absolute Gasteiger partial charge is 0.506 e. The van der Waals surface area contributed by atoms with Gasteiger partial charge in [0.15, 0.2) is 4.80 Å². The molecule has 1 aliphatic rings. The van der Waals surface area contributed by atoms with Crippen LogP contribution in [0.1, 0.15) is 43.9 Å². The number of carbonyl (C=O) groups excluding carboxylic acids is 1. The summed E-state index contributed by atoms with van der Waals surface area (Å²) < 4.78 is 19.6. The van der Waals surface area contributed by atoms with Crippen LogP contribution in [-0.2, 0) is 9.53 Å². The Balaban J connectivity index is 2.08. The number of nitrogens with zero attached hydrogens (tertiary/aromatic N) is 2. The van der Waals surface area contributed by atoms with Crippen LogP contribution < -0.4 is 24.4 Å². The third-order valence-corrected chi connectivity index (χ3v) is 8.01. The van der Waals surface area contributed by atoms with E-state index in [1.807, 2.05) is 6.92 Å². The zero-order valence-electron chi connectivity index (χ0n) is 21.2. The van der Waals surface area contributed by atoms with Crippen LogP contribution in [0.25, 0.3) is 6.08 Å². The van der Waals surface area contributed by atoms with Gasteiger partial charge in [0.25, 0.3) is 5.56 Å². The molecule has 0 unspecified atom stereocenters. The number of fused-ring (bicyclic) bond motifs is 1. The summed E-state index contributed by atoms with van der Waals surface area (Å²) in [6, 6.07) is 7.82. The molecule has 0 radical (unpaired) electrons. The summed E-state index contributed by atoms with van der Waals surface area (Å²) in [6.07, 6.45) is 2.86. The highest BCUT2D eigenvalue weighted by molar-refractivity contribution is 9.11. The van der Waals surface area contributed by atoms with Crippen LogP contribution in [0.5, 0.6) is 17.2 Å². The summed E-state index contributed by atoms with van der Waals surface area (Å²) in [7, 11) is 3.08. The van der Waals surface area contributed by atoms with Crippen molar-refractivity contribution >= 4 is 55.2 Å². The van der Waals surface area contributed by atoms with Gasteiger partial charge in [0.1, 0.15) is 23.3 Å². The summed E-state index contributed by atoms with van der Waals surface area (Å²) in [5.41, 5.74) is 1.50. The zero-order valence-corrected chi connectivity index (χ0v) is 25.2. The minimum Gasteiger partial charge on any atom is -0.506 e. The molecule has 8 nitrogen and oxygen atoms in total. The molecule has 1 atom stereocenters. The number of esters is 1. The molecule has 0 saturated heterocycles. The van der Waals surface area contributed by atoms with Crippen molar-refractivity contribution in [1.82, 2.24) is 4.57 Å². The molecule has 0 bridgehead atoms. The molecule has 1 N–H and O–H groups in total. The molecule has 38 heavy (non-hydrogen) atoms. The van der Waals surface area contributed by atoms with Gasteiger partial charge in [-0.15, -0.1) is 0 Å². The van der Waals surface area contributed by atoms with Gasteiger partial charge in [0, 0.05) is 15.6 Å². The molecule has 11 heteroatoms. The Morgan fingerprint density at radius 1 is 1.18 bits per heavy atom. The van der Waals surface area contributed by atoms with Gasteiger partial charge in [-0.1, -0.05) is 40.6 Å². The number of halogens is 2. The van der Waals surface area contributed by atoms with Crippen molar-refractivity contribution in [3.05, 3.63) is 81.4 Å². The molecule has 2 aromatic carbocycles. The number of allylic oxidation sites excluding steroid dienone is 1. The fraction of sp³-hybridized carbons (Fsp3) is 0.296.